The molecule has 0 bridgehead atoms. The smallest absolute Gasteiger partial charge is 0.161 e. The predicted molar refractivity (Wildman–Crippen MR) is 75.4 cm³/mol. The van der Waals surface area contributed by atoms with Crippen LogP contribution in [0.1, 0.15) is 35.6 Å². The molecule has 1 aliphatic heterocycles. The van der Waals surface area contributed by atoms with Crippen molar-refractivity contribution >= 4 is 11.5 Å². The van der Waals surface area contributed by atoms with Crippen molar-refractivity contribution in [1.29, 1.82) is 0 Å². The minimum Gasteiger partial charge on any atom is -0.486 e. The Hall–Kier alpha value is -1.66. The summed E-state index contributed by atoms with van der Waals surface area (Å²) in [4.78, 5) is 0.809. The highest BCUT2D eigenvalue weighted by atomic mass is 32.1. The van der Waals surface area contributed by atoms with Crippen molar-refractivity contribution < 1.29 is 14.6 Å². The summed E-state index contributed by atoms with van der Waals surface area (Å²) in [6.07, 6.45) is 1.09. The number of aromatic nitrogens is 2. The van der Waals surface area contributed by atoms with E-state index in [9.17, 15) is 5.11 Å². The van der Waals surface area contributed by atoms with E-state index in [4.69, 9.17) is 9.47 Å². The van der Waals surface area contributed by atoms with Crippen LogP contribution in [-0.2, 0) is 6.42 Å². The number of hydrogen-bond donors (Lipinski definition) is 1. The molecule has 1 aromatic carbocycles. The Labute approximate surface area is 121 Å². The molecule has 106 valence electrons. The molecule has 0 saturated carbocycles. The highest BCUT2D eigenvalue weighted by molar-refractivity contribution is 7.05. The topological polar surface area (TPSA) is 64.5 Å². The van der Waals surface area contributed by atoms with Gasteiger partial charge >= 0.3 is 0 Å². The molecule has 0 aliphatic carbocycles. The molecule has 1 aromatic heterocycles. The minimum absolute atomic E-state index is 0.537. The lowest BCUT2D eigenvalue weighted by atomic mass is 10.0. The maximum absolute atomic E-state index is 10.5. The molecule has 20 heavy (non-hydrogen) atoms. The summed E-state index contributed by atoms with van der Waals surface area (Å²) in [7, 11) is 0. The summed E-state index contributed by atoms with van der Waals surface area (Å²) in [6.45, 7) is 3.18. The largest absolute Gasteiger partial charge is 0.486 e. The number of hydrogen-bond acceptors (Lipinski definition) is 6. The van der Waals surface area contributed by atoms with Gasteiger partial charge in [0.1, 0.15) is 19.3 Å². The van der Waals surface area contributed by atoms with Gasteiger partial charge in [0.25, 0.3) is 0 Å². The molecular weight excluding hydrogens is 276 g/mol. The van der Waals surface area contributed by atoms with Crippen molar-refractivity contribution in [2.45, 2.75) is 25.9 Å². The van der Waals surface area contributed by atoms with Crippen LogP contribution in [0, 0.1) is 0 Å². The number of ether oxygens (including phenoxy) is 2. The van der Waals surface area contributed by atoms with Crippen LogP contribution in [0.3, 0.4) is 0 Å². The molecule has 3 rings (SSSR count). The van der Waals surface area contributed by atoms with Crippen molar-refractivity contribution in [2.24, 2.45) is 0 Å². The van der Waals surface area contributed by atoms with Crippen LogP contribution in [-0.4, -0.2) is 27.9 Å². The highest BCUT2D eigenvalue weighted by Gasteiger charge is 2.21. The van der Waals surface area contributed by atoms with Gasteiger partial charge in [-0.3, -0.25) is 0 Å². The number of aliphatic hydroxyl groups excluding tert-OH is 1. The Kier molecular flexibility index (Phi) is 3.84. The SMILES string of the molecule is CCCc1nnsc1C(O)c1ccc2c(c1)OCCO2. The molecule has 1 N–H and O–H groups in total. The van der Waals surface area contributed by atoms with Gasteiger partial charge in [-0.05, 0) is 35.6 Å². The molecule has 0 fully saturated rings. The lowest BCUT2D eigenvalue weighted by Crippen LogP contribution is -2.15. The molecule has 6 heteroatoms. The van der Waals surface area contributed by atoms with E-state index < -0.39 is 6.10 Å². The zero-order valence-corrected chi connectivity index (χ0v) is 12.0. The number of benzene rings is 1. The van der Waals surface area contributed by atoms with E-state index in [1.54, 1.807) is 0 Å². The number of aliphatic hydroxyl groups is 1. The van der Waals surface area contributed by atoms with Crippen LogP contribution in [0.5, 0.6) is 11.5 Å². The first-order chi connectivity index (χ1) is 9.79. The van der Waals surface area contributed by atoms with E-state index in [-0.39, 0.29) is 0 Å². The second-order valence-corrected chi connectivity index (χ2v) is 5.43. The third-order valence-electron chi connectivity index (χ3n) is 3.20. The van der Waals surface area contributed by atoms with Gasteiger partial charge < -0.3 is 14.6 Å². The quantitative estimate of drug-likeness (QED) is 0.937. The summed E-state index contributed by atoms with van der Waals surface area (Å²) in [6, 6.07) is 5.52. The maximum atomic E-state index is 10.5. The molecule has 0 amide bonds. The van der Waals surface area contributed by atoms with Gasteiger partial charge in [-0.2, -0.15) is 0 Å². The van der Waals surface area contributed by atoms with Crippen molar-refractivity contribution in [2.75, 3.05) is 13.2 Å². The van der Waals surface area contributed by atoms with Crippen LogP contribution in [0.4, 0.5) is 0 Å². The van der Waals surface area contributed by atoms with Crippen LogP contribution in [0.25, 0.3) is 0 Å². The minimum atomic E-state index is -0.715. The monoisotopic (exact) mass is 292 g/mol. The third kappa shape index (κ3) is 2.48. The van der Waals surface area contributed by atoms with E-state index >= 15 is 0 Å². The standard InChI is InChI=1S/C14H16N2O3S/c1-2-3-10-14(20-16-15-10)13(17)9-4-5-11-12(8-9)19-7-6-18-11/h4-5,8,13,17H,2-3,6-7H2,1H3. The fraction of sp³-hybridized carbons (Fsp3) is 0.429. The van der Waals surface area contributed by atoms with Gasteiger partial charge in [0.05, 0.1) is 10.6 Å². The summed E-state index contributed by atoms with van der Waals surface area (Å²) in [5, 5.41) is 14.6. The van der Waals surface area contributed by atoms with Gasteiger partial charge in [0.2, 0.25) is 0 Å². The maximum Gasteiger partial charge on any atom is 0.161 e. The molecule has 1 atom stereocenters. The van der Waals surface area contributed by atoms with Crippen LogP contribution >= 0.6 is 11.5 Å². The van der Waals surface area contributed by atoms with Gasteiger partial charge in [-0.25, -0.2) is 0 Å². The van der Waals surface area contributed by atoms with Crippen LogP contribution in [0.15, 0.2) is 18.2 Å². The second-order valence-electron chi connectivity index (χ2n) is 4.64. The van der Waals surface area contributed by atoms with Crippen molar-refractivity contribution in [3.05, 3.63) is 34.3 Å². The zero-order chi connectivity index (χ0) is 13.9. The van der Waals surface area contributed by atoms with Gasteiger partial charge in [-0.15, -0.1) is 5.10 Å². The van der Waals surface area contributed by atoms with Gasteiger partial charge in [0.15, 0.2) is 11.5 Å². The van der Waals surface area contributed by atoms with Gasteiger partial charge in [0, 0.05) is 0 Å². The molecule has 1 unspecified atom stereocenters. The van der Waals surface area contributed by atoms with E-state index in [0.29, 0.717) is 19.0 Å². The molecule has 0 spiro atoms. The van der Waals surface area contributed by atoms with Crippen LogP contribution in [0.2, 0.25) is 0 Å². The number of rotatable bonds is 4. The first-order valence-corrected chi connectivity index (χ1v) is 7.45. The third-order valence-corrected chi connectivity index (χ3v) is 4.02. The van der Waals surface area contributed by atoms with E-state index in [1.165, 1.54) is 11.5 Å². The average Bonchev–Trinajstić information content (AvgIpc) is 2.94. The lowest BCUT2D eigenvalue weighted by Gasteiger charge is -2.20. The molecule has 5 nitrogen and oxygen atoms in total. The molecule has 2 heterocycles. The Balaban J connectivity index is 1.90. The summed E-state index contributed by atoms with van der Waals surface area (Å²) in [5.41, 5.74) is 1.65. The summed E-state index contributed by atoms with van der Waals surface area (Å²) in [5.74, 6) is 1.41. The molecular formula is C14H16N2O3S. The fourth-order valence-corrected chi connectivity index (χ4v) is 2.93. The number of fused-ring (bicyclic) bond motifs is 1. The molecule has 0 radical (unpaired) electrons. The Morgan fingerprint density at radius 1 is 1.30 bits per heavy atom. The van der Waals surface area contributed by atoms with Crippen molar-refractivity contribution in [1.82, 2.24) is 9.59 Å². The van der Waals surface area contributed by atoms with E-state index in [0.717, 1.165) is 34.7 Å². The average molecular weight is 292 g/mol. The van der Waals surface area contributed by atoms with Crippen LogP contribution < -0.4 is 9.47 Å². The first kappa shape index (κ1) is 13.3. The molecule has 2 aromatic rings. The van der Waals surface area contributed by atoms with Gasteiger partial charge in [-0.1, -0.05) is 23.9 Å². The summed E-state index contributed by atoms with van der Waals surface area (Å²) < 4.78 is 15.0. The van der Waals surface area contributed by atoms with Crippen molar-refractivity contribution in [3.8, 4) is 11.5 Å². The molecule has 0 saturated heterocycles. The number of aryl methyl sites for hydroxylation is 1. The Morgan fingerprint density at radius 2 is 2.10 bits per heavy atom. The fourth-order valence-electron chi connectivity index (χ4n) is 2.21. The van der Waals surface area contributed by atoms with Crippen molar-refractivity contribution in [3.63, 3.8) is 0 Å². The predicted octanol–water partition coefficient (Wildman–Crippen LogP) is 2.34. The highest BCUT2D eigenvalue weighted by Crippen LogP contribution is 2.35. The first-order valence-electron chi connectivity index (χ1n) is 6.68. The zero-order valence-electron chi connectivity index (χ0n) is 11.2. The lowest BCUT2D eigenvalue weighted by molar-refractivity contribution is 0.169. The molecule has 1 aliphatic rings. The number of nitrogens with zero attached hydrogens (tertiary/aromatic N) is 2. The Bertz CT molecular complexity index is 600. The second kappa shape index (κ2) is 5.76. The Morgan fingerprint density at radius 3 is 2.90 bits per heavy atom. The normalized spacial score (nSPS) is 15.1. The van der Waals surface area contributed by atoms with E-state index in [2.05, 4.69) is 16.5 Å². The van der Waals surface area contributed by atoms with E-state index in [1.807, 2.05) is 18.2 Å². The summed E-state index contributed by atoms with van der Waals surface area (Å²) >= 11 is 1.25.